The van der Waals surface area contributed by atoms with Crippen molar-refractivity contribution in [3.05, 3.63) is 0 Å². The molecule has 4 heteroatoms. The number of primary amides is 1. The number of hydrogen-bond acceptors (Lipinski definition) is 2. The Morgan fingerprint density at radius 3 is 2.20 bits per heavy atom. The monoisotopic (exact) mass is 164 g/mol. The fourth-order valence-corrected chi connectivity index (χ4v) is 1.34. The molecule has 0 unspecified atom stereocenters. The van der Waals surface area contributed by atoms with Crippen LogP contribution in [0.5, 0.6) is 0 Å². The van der Waals surface area contributed by atoms with Gasteiger partial charge in [-0.05, 0) is 12.8 Å². The maximum atomic E-state index is 10.6. The molecule has 0 aromatic heterocycles. The lowest BCUT2D eigenvalue weighted by molar-refractivity contribution is -0.121. The Balaban J connectivity index is 0.000000810. The molecule has 3 nitrogen and oxygen atoms in total. The fourth-order valence-electron chi connectivity index (χ4n) is 1.34. The minimum Gasteiger partial charge on any atom is -0.369 e. The van der Waals surface area contributed by atoms with E-state index < -0.39 is 0 Å². The van der Waals surface area contributed by atoms with Crippen molar-refractivity contribution >= 4 is 18.3 Å². The lowest BCUT2D eigenvalue weighted by Crippen LogP contribution is -2.34. The number of carbonyl (C=O) groups excluding carboxylic acids is 1. The first-order chi connectivity index (χ1) is 4.22. The summed E-state index contributed by atoms with van der Waals surface area (Å²) in [5.41, 5.74) is 10.6. The minimum absolute atomic E-state index is 0. The van der Waals surface area contributed by atoms with Gasteiger partial charge in [-0.2, -0.15) is 0 Å². The summed E-state index contributed by atoms with van der Waals surface area (Å²) in [5.74, 6) is -0.287. The second-order valence-electron chi connectivity index (χ2n) is 2.60. The molecule has 0 radical (unpaired) electrons. The van der Waals surface area contributed by atoms with Crippen molar-refractivity contribution in [1.29, 1.82) is 0 Å². The van der Waals surface area contributed by atoms with Crippen LogP contribution in [0.3, 0.4) is 0 Å². The van der Waals surface area contributed by atoms with Crippen LogP contribution >= 0.6 is 12.4 Å². The summed E-state index contributed by atoms with van der Waals surface area (Å²) in [6.45, 7) is 0. The van der Waals surface area contributed by atoms with Gasteiger partial charge in [0.2, 0.25) is 5.91 Å². The number of halogens is 1. The average Bonchev–Trinajstić information content (AvgIpc) is 2.13. The zero-order chi connectivity index (χ0) is 6.85. The molecule has 0 bridgehead atoms. The molecule has 1 rings (SSSR count). The fraction of sp³-hybridized carbons (Fsp3) is 0.833. The van der Waals surface area contributed by atoms with Crippen LogP contribution in [0.25, 0.3) is 0 Å². The van der Waals surface area contributed by atoms with E-state index in [1.54, 1.807) is 0 Å². The van der Waals surface area contributed by atoms with Gasteiger partial charge in [0.05, 0.1) is 5.92 Å². The van der Waals surface area contributed by atoms with Gasteiger partial charge in [0.15, 0.2) is 0 Å². The van der Waals surface area contributed by atoms with E-state index in [2.05, 4.69) is 0 Å². The Morgan fingerprint density at radius 2 is 2.00 bits per heavy atom. The Hall–Kier alpha value is -0.280. The number of nitrogens with two attached hydrogens (primary N) is 2. The Labute approximate surface area is 66.6 Å². The van der Waals surface area contributed by atoms with Gasteiger partial charge in [-0.25, -0.2) is 0 Å². The Kier molecular flexibility index (Phi) is 3.68. The lowest BCUT2D eigenvalue weighted by Gasteiger charge is -2.08. The number of hydrogen-bond donors (Lipinski definition) is 2. The summed E-state index contributed by atoms with van der Waals surface area (Å²) in [6.07, 6.45) is 2.89. The molecular weight excluding hydrogens is 152 g/mol. The van der Waals surface area contributed by atoms with Crippen molar-refractivity contribution in [2.24, 2.45) is 17.4 Å². The molecule has 1 fully saturated rings. The quantitative estimate of drug-likeness (QED) is 0.574. The predicted molar refractivity (Wildman–Crippen MR) is 41.8 cm³/mol. The van der Waals surface area contributed by atoms with Crippen LogP contribution in [0.1, 0.15) is 19.3 Å². The Bertz CT molecular complexity index is 129. The van der Waals surface area contributed by atoms with Gasteiger partial charge in [-0.15, -0.1) is 12.4 Å². The molecule has 0 aromatic carbocycles. The third-order valence-corrected chi connectivity index (χ3v) is 1.93. The molecule has 1 aliphatic rings. The molecule has 4 N–H and O–H groups in total. The maximum absolute atomic E-state index is 10.6. The van der Waals surface area contributed by atoms with Crippen molar-refractivity contribution in [3.63, 3.8) is 0 Å². The third kappa shape index (κ3) is 1.85. The lowest BCUT2D eigenvalue weighted by atomic mass is 10.0. The molecular formula is C6H13ClN2O. The topological polar surface area (TPSA) is 69.1 Å². The number of carbonyl (C=O) groups is 1. The van der Waals surface area contributed by atoms with E-state index in [1.807, 2.05) is 0 Å². The molecule has 60 valence electrons. The molecule has 1 amide bonds. The highest BCUT2D eigenvalue weighted by molar-refractivity contribution is 5.85. The number of rotatable bonds is 1. The molecule has 0 saturated heterocycles. The Morgan fingerprint density at radius 1 is 1.40 bits per heavy atom. The second-order valence-corrected chi connectivity index (χ2v) is 2.60. The molecule has 0 heterocycles. The van der Waals surface area contributed by atoms with E-state index in [-0.39, 0.29) is 30.3 Å². The van der Waals surface area contributed by atoms with Crippen LogP contribution in [-0.4, -0.2) is 11.9 Å². The second kappa shape index (κ2) is 3.78. The minimum atomic E-state index is -0.236. The molecule has 0 spiro atoms. The van der Waals surface area contributed by atoms with Crippen LogP contribution in [0, 0.1) is 5.92 Å². The highest BCUT2D eigenvalue weighted by Crippen LogP contribution is 2.22. The van der Waals surface area contributed by atoms with Crippen molar-refractivity contribution in [1.82, 2.24) is 0 Å². The van der Waals surface area contributed by atoms with Crippen molar-refractivity contribution < 1.29 is 4.79 Å². The average molecular weight is 165 g/mol. The maximum Gasteiger partial charge on any atom is 0.222 e. The summed E-state index contributed by atoms with van der Waals surface area (Å²) in [7, 11) is 0. The van der Waals surface area contributed by atoms with Crippen LogP contribution < -0.4 is 11.5 Å². The zero-order valence-corrected chi connectivity index (χ0v) is 6.56. The first-order valence-electron chi connectivity index (χ1n) is 3.26. The summed E-state index contributed by atoms with van der Waals surface area (Å²) in [4.78, 5) is 10.6. The summed E-state index contributed by atoms with van der Waals surface area (Å²) in [5, 5.41) is 0. The van der Waals surface area contributed by atoms with E-state index in [0.29, 0.717) is 0 Å². The predicted octanol–water partition coefficient (Wildman–Crippen LogP) is 0.0209. The van der Waals surface area contributed by atoms with Gasteiger partial charge in [0.25, 0.3) is 0 Å². The molecule has 1 aliphatic carbocycles. The smallest absolute Gasteiger partial charge is 0.222 e. The standard InChI is InChI=1S/C6H12N2O.ClH/c7-5-3-1-2-4(5)6(8)9;/h4-5H,1-3,7H2,(H2,8,9);1H/t4-,5-;/m1./s1. The SMILES string of the molecule is Cl.NC(=O)[C@@H]1CCC[C@H]1N. The summed E-state index contributed by atoms with van der Waals surface area (Å²) in [6, 6.07) is 0.0301. The highest BCUT2D eigenvalue weighted by atomic mass is 35.5. The van der Waals surface area contributed by atoms with Crippen LogP contribution in [0.15, 0.2) is 0 Å². The van der Waals surface area contributed by atoms with Crippen LogP contribution in [0.4, 0.5) is 0 Å². The van der Waals surface area contributed by atoms with Gasteiger partial charge in [0, 0.05) is 6.04 Å². The van der Waals surface area contributed by atoms with E-state index in [9.17, 15) is 4.79 Å². The normalized spacial score (nSPS) is 31.3. The van der Waals surface area contributed by atoms with Crippen molar-refractivity contribution in [2.75, 3.05) is 0 Å². The van der Waals surface area contributed by atoms with E-state index in [0.717, 1.165) is 19.3 Å². The molecule has 0 aromatic rings. The molecule has 2 atom stereocenters. The van der Waals surface area contributed by atoms with E-state index >= 15 is 0 Å². The highest BCUT2D eigenvalue weighted by Gasteiger charge is 2.27. The molecule has 0 aliphatic heterocycles. The van der Waals surface area contributed by atoms with Gasteiger partial charge < -0.3 is 11.5 Å². The third-order valence-electron chi connectivity index (χ3n) is 1.93. The first kappa shape index (κ1) is 9.72. The van der Waals surface area contributed by atoms with E-state index in [1.165, 1.54) is 0 Å². The van der Waals surface area contributed by atoms with Crippen LogP contribution in [0.2, 0.25) is 0 Å². The molecule has 1 saturated carbocycles. The van der Waals surface area contributed by atoms with Gasteiger partial charge in [-0.1, -0.05) is 6.42 Å². The molecule has 10 heavy (non-hydrogen) atoms. The summed E-state index contributed by atoms with van der Waals surface area (Å²) >= 11 is 0. The van der Waals surface area contributed by atoms with Gasteiger partial charge >= 0.3 is 0 Å². The zero-order valence-electron chi connectivity index (χ0n) is 5.75. The number of amides is 1. The summed E-state index contributed by atoms with van der Waals surface area (Å²) < 4.78 is 0. The van der Waals surface area contributed by atoms with Gasteiger partial charge in [0.1, 0.15) is 0 Å². The van der Waals surface area contributed by atoms with Crippen molar-refractivity contribution in [2.45, 2.75) is 25.3 Å². The van der Waals surface area contributed by atoms with Gasteiger partial charge in [-0.3, -0.25) is 4.79 Å². The largest absolute Gasteiger partial charge is 0.369 e. The van der Waals surface area contributed by atoms with Crippen LogP contribution in [-0.2, 0) is 4.79 Å². The van der Waals surface area contributed by atoms with E-state index in [4.69, 9.17) is 11.5 Å². The van der Waals surface area contributed by atoms with Crippen molar-refractivity contribution in [3.8, 4) is 0 Å². The first-order valence-corrected chi connectivity index (χ1v) is 3.26.